The van der Waals surface area contributed by atoms with Crippen molar-refractivity contribution in [2.45, 2.75) is 111 Å². The van der Waals surface area contributed by atoms with E-state index in [0.717, 1.165) is 6.54 Å². The molecule has 2 N–H and O–H groups in total. The van der Waals surface area contributed by atoms with Crippen LogP contribution in [0.5, 0.6) is 0 Å². The molecule has 1 atom stereocenters. The van der Waals surface area contributed by atoms with Crippen LogP contribution in [0.25, 0.3) is 0 Å². The summed E-state index contributed by atoms with van der Waals surface area (Å²) in [5.41, 5.74) is 2.51. The lowest BCUT2D eigenvalue weighted by atomic mass is 10.0. The van der Waals surface area contributed by atoms with E-state index >= 15 is 0 Å². The van der Waals surface area contributed by atoms with Gasteiger partial charge in [-0.2, -0.15) is 0 Å². The van der Waals surface area contributed by atoms with Crippen molar-refractivity contribution in [2.24, 2.45) is 5.90 Å². The van der Waals surface area contributed by atoms with Gasteiger partial charge in [-0.25, -0.2) is 5.90 Å². The van der Waals surface area contributed by atoms with E-state index in [2.05, 4.69) is 52.0 Å². The van der Waals surface area contributed by atoms with Crippen LogP contribution in [0, 0.1) is 6.92 Å². The zero-order chi connectivity index (χ0) is 22.1. The minimum Gasteiger partial charge on any atom is -0.321 e. The number of benzene rings is 1. The second kappa shape index (κ2) is 16.8. The Morgan fingerprint density at radius 3 is 1.50 bits per heavy atom. The predicted octanol–water partition coefficient (Wildman–Crippen LogP) is 7.48. The molecule has 0 aliphatic carbocycles. The van der Waals surface area contributed by atoms with Crippen molar-refractivity contribution >= 4 is 0 Å². The highest BCUT2D eigenvalue weighted by Gasteiger charge is 2.31. The van der Waals surface area contributed by atoms with Crippen LogP contribution in [-0.2, 0) is 4.84 Å². The van der Waals surface area contributed by atoms with Crippen molar-refractivity contribution in [2.75, 3.05) is 26.2 Å². The monoisotopic (exact) mass is 419 g/mol. The third-order valence-electron chi connectivity index (χ3n) is 6.62. The van der Waals surface area contributed by atoms with Crippen molar-refractivity contribution in [1.29, 1.82) is 0 Å². The van der Waals surface area contributed by atoms with Crippen LogP contribution in [-0.4, -0.2) is 30.7 Å². The van der Waals surface area contributed by atoms with Gasteiger partial charge in [0.2, 0.25) is 0 Å². The Morgan fingerprint density at radius 1 is 0.700 bits per heavy atom. The van der Waals surface area contributed by atoms with Crippen LogP contribution in [0.15, 0.2) is 24.3 Å². The summed E-state index contributed by atoms with van der Waals surface area (Å²) < 4.78 is 1.17. The molecule has 1 aromatic rings. The first kappa shape index (κ1) is 27.1. The number of hydrogen-bond acceptors (Lipinski definition) is 2. The highest BCUT2D eigenvalue weighted by molar-refractivity contribution is 5.23. The zero-order valence-corrected chi connectivity index (χ0v) is 20.6. The molecule has 0 bridgehead atoms. The molecule has 0 aliphatic rings. The fourth-order valence-corrected chi connectivity index (χ4v) is 4.59. The molecule has 0 fully saturated rings. The smallest absolute Gasteiger partial charge is 0.152 e. The van der Waals surface area contributed by atoms with Crippen molar-refractivity contribution < 1.29 is 9.32 Å². The van der Waals surface area contributed by atoms with Gasteiger partial charge in [-0.15, -0.1) is 0 Å². The SMILES string of the molecule is CCCCCC[N+](CCCCCC)(CCCCCC)CC(ON)c1ccc(C)cc1. The van der Waals surface area contributed by atoms with Crippen LogP contribution in [0.3, 0.4) is 0 Å². The molecule has 0 saturated heterocycles. The van der Waals surface area contributed by atoms with E-state index in [1.807, 2.05) is 0 Å². The minimum atomic E-state index is -0.0193. The van der Waals surface area contributed by atoms with Gasteiger partial charge in [-0.3, -0.25) is 4.84 Å². The van der Waals surface area contributed by atoms with Gasteiger partial charge in [0.05, 0.1) is 19.6 Å². The number of aryl methyl sites for hydroxylation is 1. The molecule has 3 heteroatoms. The standard InChI is InChI=1S/C27H51N2O/c1-5-8-11-14-21-29(22-15-12-9-6-2,23-16-13-10-7-3)24-27(30-28)26-19-17-25(4)18-20-26/h17-20,27H,5-16,21-24,28H2,1-4H3/q+1. The number of nitrogens with two attached hydrogens (primary N) is 1. The van der Waals surface area contributed by atoms with E-state index in [4.69, 9.17) is 10.7 Å². The highest BCUT2D eigenvalue weighted by Crippen LogP contribution is 2.25. The Balaban J connectivity index is 2.97. The lowest BCUT2D eigenvalue weighted by Crippen LogP contribution is -2.53. The molecule has 30 heavy (non-hydrogen) atoms. The van der Waals surface area contributed by atoms with E-state index < -0.39 is 0 Å². The van der Waals surface area contributed by atoms with Gasteiger partial charge in [0.15, 0.2) is 6.10 Å². The summed E-state index contributed by atoms with van der Waals surface area (Å²) in [5.74, 6) is 5.87. The zero-order valence-electron chi connectivity index (χ0n) is 20.6. The van der Waals surface area contributed by atoms with Crippen LogP contribution >= 0.6 is 0 Å². The van der Waals surface area contributed by atoms with E-state index in [-0.39, 0.29) is 6.10 Å². The van der Waals surface area contributed by atoms with Crippen LogP contribution in [0.4, 0.5) is 0 Å². The Kier molecular flexibility index (Phi) is 15.2. The molecule has 0 saturated carbocycles. The van der Waals surface area contributed by atoms with Gasteiger partial charge in [-0.1, -0.05) is 89.1 Å². The summed E-state index contributed by atoms with van der Waals surface area (Å²) in [6.45, 7) is 13.8. The first-order valence-corrected chi connectivity index (χ1v) is 12.9. The van der Waals surface area contributed by atoms with Crippen molar-refractivity contribution in [1.82, 2.24) is 0 Å². The van der Waals surface area contributed by atoms with E-state index in [1.165, 1.54) is 112 Å². The predicted molar refractivity (Wildman–Crippen MR) is 131 cm³/mol. The van der Waals surface area contributed by atoms with E-state index in [1.54, 1.807) is 0 Å². The van der Waals surface area contributed by atoms with Crippen LogP contribution < -0.4 is 5.90 Å². The maximum absolute atomic E-state index is 5.87. The van der Waals surface area contributed by atoms with Crippen LogP contribution in [0.1, 0.15) is 115 Å². The van der Waals surface area contributed by atoms with Crippen LogP contribution in [0.2, 0.25) is 0 Å². The van der Waals surface area contributed by atoms with Crippen molar-refractivity contribution in [3.8, 4) is 0 Å². The average Bonchev–Trinajstić information content (AvgIpc) is 2.76. The first-order valence-electron chi connectivity index (χ1n) is 12.9. The first-order chi connectivity index (χ1) is 14.6. The minimum absolute atomic E-state index is 0.0193. The maximum atomic E-state index is 5.87. The Bertz CT molecular complexity index is 483. The number of nitrogens with zero attached hydrogens (tertiary/aromatic N) is 1. The molecule has 0 amide bonds. The van der Waals surface area contributed by atoms with E-state index in [0.29, 0.717) is 0 Å². The summed E-state index contributed by atoms with van der Waals surface area (Å²) in [5, 5.41) is 0. The largest absolute Gasteiger partial charge is 0.321 e. The summed E-state index contributed by atoms with van der Waals surface area (Å²) in [6.07, 6.45) is 15.9. The van der Waals surface area contributed by atoms with Crippen molar-refractivity contribution in [3.05, 3.63) is 35.4 Å². The van der Waals surface area contributed by atoms with Gasteiger partial charge in [0, 0.05) is 0 Å². The molecule has 0 heterocycles. The summed E-state index contributed by atoms with van der Waals surface area (Å²) in [4.78, 5) is 5.60. The number of quaternary nitrogens is 1. The molecule has 1 rings (SSSR count). The molecule has 0 spiro atoms. The Labute approximate surface area is 187 Å². The second-order valence-electron chi connectivity index (χ2n) is 9.41. The van der Waals surface area contributed by atoms with Gasteiger partial charge in [0.25, 0.3) is 0 Å². The molecular weight excluding hydrogens is 368 g/mol. The fourth-order valence-electron chi connectivity index (χ4n) is 4.59. The van der Waals surface area contributed by atoms with Gasteiger partial charge in [-0.05, 0) is 51.0 Å². The molecule has 1 aromatic carbocycles. The quantitative estimate of drug-likeness (QED) is 0.143. The number of unbranched alkanes of at least 4 members (excludes halogenated alkanes) is 9. The third kappa shape index (κ3) is 10.9. The lowest BCUT2D eigenvalue weighted by Gasteiger charge is -2.41. The fraction of sp³-hybridized carbons (Fsp3) is 0.778. The molecular formula is C27H51N2O+. The summed E-state index contributed by atoms with van der Waals surface area (Å²) in [7, 11) is 0. The molecule has 3 nitrogen and oxygen atoms in total. The van der Waals surface area contributed by atoms with Gasteiger partial charge < -0.3 is 4.48 Å². The van der Waals surface area contributed by atoms with E-state index in [9.17, 15) is 0 Å². The topological polar surface area (TPSA) is 35.2 Å². The molecule has 0 aliphatic heterocycles. The molecule has 0 aromatic heterocycles. The lowest BCUT2D eigenvalue weighted by molar-refractivity contribution is -0.932. The molecule has 174 valence electrons. The Morgan fingerprint density at radius 2 is 1.13 bits per heavy atom. The highest BCUT2D eigenvalue weighted by atomic mass is 16.6. The molecule has 1 unspecified atom stereocenters. The number of hydrogen-bond donors (Lipinski definition) is 1. The Hall–Kier alpha value is -0.900. The van der Waals surface area contributed by atoms with Gasteiger partial charge in [0.1, 0.15) is 6.54 Å². The second-order valence-corrected chi connectivity index (χ2v) is 9.41. The third-order valence-corrected chi connectivity index (χ3v) is 6.62. The van der Waals surface area contributed by atoms with Crippen molar-refractivity contribution in [3.63, 3.8) is 0 Å². The summed E-state index contributed by atoms with van der Waals surface area (Å²) >= 11 is 0. The normalized spacial score (nSPS) is 13.0. The number of rotatable bonds is 19. The summed E-state index contributed by atoms with van der Waals surface area (Å²) in [6, 6.07) is 8.76. The average molecular weight is 420 g/mol. The maximum Gasteiger partial charge on any atom is 0.152 e. The van der Waals surface area contributed by atoms with Gasteiger partial charge >= 0.3 is 0 Å². The molecule has 0 radical (unpaired) electrons.